The van der Waals surface area contributed by atoms with Crippen LogP contribution in [0.1, 0.15) is 56.4 Å². The van der Waals surface area contributed by atoms with E-state index in [0.717, 1.165) is 60.7 Å². The third kappa shape index (κ3) is 4.41. The van der Waals surface area contributed by atoms with E-state index in [-0.39, 0.29) is 5.56 Å². The molecule has 0 saturated carbocycles. The van der Waals surface area contributed by atoms with Crippen molar-refractivity contribution in [3.8, 4) is 0 Å². The van der Waals surface area contributed by atoms with Crippen molar-refractivity contribution in [3.05, 3.63) is 20.8 Å². The number of aryl methyl sites for hydroxylation is 2. The summed E-state index contributed by atoms with van der Waals surface area (Å²) < 4.78 is 1.71. The van der Waals surface area contributed by atoms with Crippen LogP contribution in [-0.2, 0) is 24.2 Å². The summed E-state index contributed by atoms with van der Waals surface area (Å²) in [5, 5.41) is 2.78. The van der Waals surface area contributed by atoms with E-state index in [1.54, 1.807) is 22.8 Å². The number of fused-ring (bicyclic) bond motifs is 3. The van der Waals surface area contributed by atoms with Crippen molar-refractivity contribution in [2.75, 3.05) is 0 Å². The summed E-state index contributed by atoms with van der Waals surface area (Å²) >= 11 is 2.78. The molecular formula is C19H26N4O3S2. The molecule has 0 saturated heterocycles. The van der Waals surface area contributed by atoms with Crippen molar-refractivity contribution in [3.63, 3.8) is 0 Å². The van der Waals surface area contributed by atoms with Gasteiger partial charge in [-0.15, -0.1) is 11.3 Å². The second kappa shape index (κ2) is 9.09. The molecule has 2 aromatic rings. The molecule has 0 bridgehead atoms. The molecule has 0 spiro atoms. The van der Waals surface area contributed by atoms with E-state index in [0.29, 0.717) is 11.7 Å². The number of amides is 3. The zero-order valence-electron chi connectivity index (χ0n) is 16.2. The standard InChI is InChI=1S/C19H26N4O3S2/c1-3-4-5-6-10-23-17(25)14-12-8-7-9-13(12)28-16(14)22-19(23)27-11(2)15(24)21-18(20)26/h11H,3-10H2,1-2H3,(H3,20,21,24,26)/t11-/m1/s1. The number of hydrogen-bond donors (Lipinski definition) is 2. The van der Waals surface area contributed by atoms with E-state index < -0.39 is 17.2 Å². The number of thiophene rings is 1. The largest absolute Gasteiger partial charge is 0.351 e. The molecule has 1 atom stereocenters. The highest BCUT2D eigenvalue weighted by Gasteiger charge is 2.25. The summed E-state index contributed by atoms with van der Waals surface area (Å²) in [7, 11) is 0. The number of hydrogen-bond acceptors (Lipinski definition) is 6. The average molecular weight is 423 g/mol. The summed E-state index contributed by atoms with van der Waals surface area (Å²) in [6.07, 6.45) is 7.22. The predicted octanol–water partition coefficient (Wildman–Crippen LogP) is 3.20. The van der Waals surface area contributed by atoms with Gasteiger partial charge in [-0.1, -0.05) is 37.9 Å². The first-order chi connectivity index (χ1) is 13.4. The van der Waals surface area contributed by atoms with Gasteiger partial charge in [0.05, 0.1) is 10.6 Å². The Balaban J connectivity index is 1.95. The van der Waals surface area contributed by atoms with Gasteiger partial charge in [0.25, 0.3) is 5.56 Å². The van der Waals surface area contributed by atoms with Gasteiger partial charge in [0.2, 0.25) is 5.91 Å². The van der Waals surface area contributed by atoms with E-state index in [1.807, 2.05) is 0 Å². The third-order valence-corrected chi connectivity index (χ3v) is 7.20. The van der Waals surface area contributed by atoms with Gasteiger partial charge in [-0.25, -0.2) is 9.78 Å². The molecule has 0 aliphatic heterocycles. The fourth-order valence-electron chi connectivity index (χ4n) is 3.48. The Bertz CT molecular complexity index is 951. The number of imide groups is 1. The highest BCUT2D eigenvalue weighted by atomic mass is 32.2. The van der Waals surface area contributed by atoms with Crippen LogP contribution >= 0.6 is 23.1 Å². The SMILES string of the molecule is CCCCCCn1c(S[C@H](C)C(=O)NC(N)=O)nc2sc3c(c2c1=O)CCC3. The summed E-state index contributed by atoms with van der Waals surface area (Å²) in [5.41, 5.74) is 6.19. The lowest BCUT2D eigenvalue weighted by Gasteiger charge is -2.15. The fraction of sp³-hybridized carbons (Fsp3) is 0.579. The van der Waals surface area contributed by atoms with Crippen LogP contribution in [0.3, 0.4) is 0 Å². The zero-order valence-corrected chi connectivity index (χ0v) is 17.9. The molecule has 152 valence electrons. The molecule has 3 rings (SSSR count). The number of carbonyl (C=O) groups is 2. The van der Waals surface area contributed by atoms with Crippen LogP contribution in [0.25, 0.3) is 10.2 Å². The molecule has 3 N–H and O–H groups in total. The van der Waals surface area contributed by atoms with Gasteiger partial charge < -0.3 is 5.73 Å². The van der Waals surface area contributed by atoms with Crippen molar-refractivity contribution in [2.45, 2.75) is 75.7 Å². The van der Waals surface area contributed by atoms with Gasteiger partial charge in [0, 0.05) is 11.4 Å². The minimum atomic E-state index is -0.882. The summed E-state index contributed by atoms with van der Waals surface area (Å²) in [5.74, 6) is -0.488. The number of nitrogens with zero attached hydrogens (tertiary/aromatic N) is 2. The Morgan fingerprint density at radius 3 is 2.82 bits per heavy atom. The number of unbranched alkanes of at least 4 members (excludes halogenated alkanes) is 3. The Morgan fingerprint density at radius 2 is 2.11 bits per heavy atom. The maximum absolute atomic E-state index is 13.3. The predicted molar refractivity (Wildman–Crippen MR) is 113 cm³/mol. The van der Waals surface area contributed by atoms with Gasteiger partial charge in [-0.2, -0.15) is 0 Å². The van der Waals surface area contributed by atoms with Crippen LogP contribution in [0.4, 0.5) is 4.79 Å². The van der Waals surface area contributed by atoms with Crippen molar-refractivity contribution in [1.29, 1.82) is 0 Å². The lowest BCUT2D eigenvalue weighted by atomic mass is 10.2. The second-order valence-electron chi connectivity index (χ2n) is 7.06. The molecule has 1 aliphatic rings. The first-order valence-electron chi connectivity index (χ1n) is 9.74. The molecule has 0 radical (unpaired) electrons. The molecule has 2 heterocycles. The highest BCUT2D eigenvalue weighted by molar-refractivity contribution is 8.00. The van der Waals surface area contributed by atoms with Gasteiger partial charge in [0.1, 0.15) is 4.83 Å². The summed E-state index contributed by atoms with van der Waals surface area (Å²) in [6, 6.07) is -0.882. The fourth-order valence-corrected chi connectivity index (χ4v) is 5.71. The third-order valence-electron chi connectivity index (χ3n) is 4.92. The van der Waals surface area contributed by atoms with E-state index >= 15 is 0 Å². The number of thioether (sulfide) groups is 1. The Labute approximate surface area is 172 Å². The van der Waals surface area contributed by atoms with Gasteiger partial charge in [-0.05, 0) is 38.2 Å². The number of aromatic nitrogens is 2. The minimum absolute atomic E-state index is 0.00842. The zero-order chi connectivity index (χ0) is 20.3. The second-order valence-corrected chi connectivity index (χ2v) is 9.45. The lowest BCUT2D eigenvalue weighted by molar-refractivity contribution is -0.119. The molecule has 1 aliphatic carbocycles. The average Bonchev–Trinajstić information content (AvgIpc) is 3.20. The van der Waals surface area contributed by atoms with Gasteiger partial charge in [0.15, 0.2) is 5.16 Å². The summed E-state index contributed by atoms with van der Waals surface area (Å²) in [4.78, 5) is 43.1. The topological polar surface area (TPSA) is 107 Å². The quantitative estimate of drug-likeness (QED) is 0.386. The van der Waals surface area contributed by atoms with Crippen molar-refractivity contribution in [1.82, 2.24) is 14.9 Å². The van der Waals surface area contributed by atoms with E-state index in [1.165, 1.54) is 16.6 Å². The molecule has 0 fully saturated rings. The maximum atomic E-state index is 13.3. The van der Waals surface area contributed by atoms with Crippen molar-refractivity contribution >= 4 is 45.3 Å². The van der Waals surface area contributed by atoms with Crippen LogP contribution in [0.5, 0.6) is 0 Å². The van der Waals surface area contributed by atoms with Crippen molar-refractivity contribution in [2.24, 2.45) is 5.73 Å². The number of nitrogens with two attached hydrogens (primary N) is 1. The van der Waals surface area contributed by atoms with Crippen LogP contribution < -0.4 is 16.6 Å². The molecule has 0 unspecified atom stereocenters. The summed E-state index contributed by atoms with van der Waals surface area (Å²) in [6.45, 7) is 4.41. The molecular weight excluding hydrogens is 396 g/mol. The first-order valence-corrected chi connectivity index (χ1v) is 11.4. The monoisotopic (exact) mass is 422 g/mol. The lowest BCUT2D eigenvalue weighted by Crippen LogP contribution is -2.39. The highest BCUT2D eigenvalue weighted by Crippen LogP contribution is 2.36. The van der Waals surface area contributed by atoms with Gasteiger partial charge >= 0.3 is 6.03 Å². The molecule has 9 heteroatoms. The molecule has 3 amide bonds. The molecule has 0 aromatic carbocycles. The van der Waals surface area contributed by atoms with Gasteiger partial charge in [-0.3, -0.25) is 19.5 Å². The van der Waals surface area contributed by atoms with E-state index in [2.05, 4.69) is 12.2 Å². The first kappa shape index (κ1) is 20.9. The minimum Gasteiger partial charge on any atom is -0.351 e. The number of nitrogens with one attached hydrogen (secondary N) is 1. The maximum Gasteiger partial charge on any atom is 0.318 e. The van der Waals surface area contributed by atoms with Crippen LogP contribution in [0.15, 0.2) is 9.95 Å². The van der Waals surface area contributed by atoms with Crippen LogP contribution in [-0.4, -0.2) is 26.7 Å². The number of primary amides is 1. The number of urea groups is 1. The van der Waals surface area contributed by atoms with Crippen LogP contribution in [0.2, 0.25) is 0 Å². The molecule has 7 nitrogen and oxygen atoms in total. The number of carbonyl (C=O) groups excluding carboxylic acids is 2. The molecule has 28 heavy (non-hydrogen) atoms. The van der Waals surface area contributed by atoms with E-state index in [4.69, 9.17) is 10.7 Å². The normalized spacial score (nSPS) is 14.2. The van der Waals surface area contributed by atoms with Crippen molar-refractivity contribution < 1.29 is 9.59 Å². The number of rotatable bonds is 8. The Morgan fingerprint density at radius 1 is 1.32 bits per heavy atom. The Kier molecular flexibility index (Phi) is 6.77. The molecule has 2 aromatic heterocycles. The smallest absolute Gasteiger partial charge is 0.318 e. The van der Waals surface area contributed by atoms with Crippen LogP contribution in [0, 0.1) is 0 Å². The Hall–Kier alpha value is -1.87. The van der Waals surface area contributed by atoms with E-state index in [9.17, 15) is 14.4 Å².